The monoisotopic (exact) mass is 250 g/mol. The summed E-state index contributed by atoms with van der Waals surface area (Å²) in [6.45, 7) is 1.82. The molecule has 0 aliphatic carbocycles. The minimum absolute atomic E-state index is 0.472. The molecule has 0 saturated carbocycles. The predicted octanol–water partition coefficient (Wildman–Crippen LogP) is 2.76. The molecule has 2 rings (SSSR count). The SMILES string of the molecule is Cc1n[nH]c(=S)n1-c1ccc(C#N)cc1Cl. The first-order valence-electron chi connectivity index (χ1n) is 4.47. The lowest BCUT2D eigenvalue weighted by atomic mass is 10.2. The molecule has 16 heavy (non-hydrogen) atoms. The minimum atomic E-state index is 0.472. The number of nitriles is 1. The number of halogens is 1. The van der Waals surface area contributed by atoms with Crippen LogP contribution in [0.2, 0.25) is 5.02 Å². The van der Waals surface area contributed by atoms with Gasteiger partial charge in [0.15, 0.2) is 4.77 Å². The third-order valence-electron chi connectivity index (χ3n) is 2.16. The third kappa shape index (κ3) is 1.73. The average molecular weight is 251 g/mol. The van der Waals surface area contributed by atoms with Gasteiger partial charge in [0.05, 0.1) is 22.3 Å². The molecular weight excluding hydrogens is 244 g/mol. The molecule has 1 aromatic heterocycles. The Hall–Kier alpha value is -1.64. The van der Waals surface area contributed by atoms with Gasteiger partial charge in [0.1, 0.15) is 5.82 Å². The molecule has 0 atom stereocenters. The van der Waals surface area contributed by atoms with E-state index >= 15 is 0 Å². The van der Waals surface area contributed by atoms with E-state index in [0.29, 0.717) is 15.4 Å². The van der Waals surface area contributed by atoms with Crippen molar-refractivity contribution in [2.24, 2.45) is 0 Å². The van der Waals surface area contributed by atoms with Gasteiger partial charge in [-0.2, -0.15) is 10.4 Å². The summed E-state index contributed by atoms with van der Waals surface area (Å²) < 4.78 is 2.20. The number of hydrogen-bond donors (Lipinski definition) is 1. The zero-order valence-corrected chi connectivity index (χ0v) is 9.93. The Balaban J connectivity index is 2.67. The van der Waals surface area contributed by atoms with Gasteiger partial charge in [0, 0.05) is 0 Å². The van der Waals surface area contributed by atoms with Crippen LogP contribution >= 0.6 is 23.8 Å². The van der Waals surface area contributed by atoms with E-state index in [1.54, 1.807) is 22.8 Å². The lowest BCUT2D eigenvalue weighted by molar-refractivity contribution is 0.963. The van der Waals surface area contributed by atoms with Gasteiger partial charge < -0.3 is 0 Å². The molecule has 0 spiro atoms. The summed E-state index contributed by atoms with van der Waals surface area (Å²) in [5.74, 6) is 0.719. The van der Waals surface area contributed by atoms with E-state index < -0.39 is 0 Å². The molecule has 80 valence electrons. The van der Waals surface area contributed by atoms with Gasteiger partial charge in [-0.15, -0.1) is 0 Å². The van der Waals surface area contributed by atoms with E-state index in [9.17, 15) is 0 Å². The van der Waals surface area contributed by atoms with E-state index in [0.717, 1.165) is 11.5 Å². The molecule has 1 heterocycles. The van der Waals surface area contributed by atoms with Crippen LogP contribution in [-0.2, 0) is 0 Å². The molecule has 0 fully saturated rings. The largest absolute Gasteiger partial charge is 0.271 e. The number of aromatic nitrogens is 3. The van der Waals surface area contributed by atoms with Crippen LogP contribution in [0.25, 0.3) is 5.69 Å². The summed E-state index contributed by atoms with van der Waals surface area (Å²) in [5.41, 5.74) is 1.23. The van der Waals surface area contributed by atoms with Crippen molar-refractivity contribution < 1.29 is 0 Å². The van der Waals surface area contributed by atoms with Crippen LogP contribution < -0.4 is 0 Å². The van der Waals surface area contributed by atoms with Crippen LogP contribution in [0.5, 0.6) is 0 Å². The first-order chi connectivity index (χ1) is 7.63. The van der Waals surface area contributed by atoms with Crippen molar-refractivity contribution in [2.45, 2.75) is 6.92 Å². The van der Waals surface area contributed by atoms with Gasteiger partial charge in [-0.05, 0) is 37.3 Å². The van der Waals surface area contributed by atoms with E-state index in [1.165, 1.54) is 0 Å². The Bertz CT molecular complexity index is 635. The fraction of sp³-hybridized carbons (Fsp3) is 0.100. The molecule has 6 heteroatoms. The number of hydrogen-bond acceptors (Lipinski definition) is 3. The molecule has 0 bridgehead atoms. The minimum Gasteiger partial charge on any atom is -0.271 e. The van der Waals surface area contributed by atoms with Gasteiger partial charge >= 0.3 is 0 Å². The average Bonchev–Trinajstić information content (AvgIpc) is 2.59. The topological polar surface area (TPSA) is 57.4 Å². The van der Waals surface area contributed by atoms with Crippen LogP contribution in [-0.4, -0.2) is 14.8 Å². The molecule has 0 saturated heterocycles. The van der Waals surface area contributed by atoms with Crippen LogP contribution in [0.1, 0.15) is 11.4 Å². The quantitative estimate of drug-likeness (QED) is 0.792. The normalized spacial score (nSPS) is 10.1. The first kappa shape index (κ1) is 10.9. The van der Waals surface area contributed by atoms with Crippen molar-refractivity contribution in [3.05, 3.63) is 39.4 Å². The van der Waals surface area contributed by atoms with Crippen molar-refractivity contribution in [1.29, 1.82) is 5.26 Å². The predicted molar refractivity (Wildman–Crippen MR) is 63.2 cm³/mol. The van der Waals surface area contributed by atoms with Crippen LogP contribution in [0.15, 0.2) is 18.2 Å². The van der Waals surface area contributed by atoms with Crippen LogP contribution in [0.3, 0.4) is 0 Å². The number of rotatable bonds is 1. The molecule has 0 radical (unpaired) electrons. The molecule has 0 amide bonds. The second kappa shape index (κ2) is 4.08. The van der Waals surface area contributed by atoms with E-state index in [-0.39, 0.29) is 0 Å². The molecule has 1 N–H and O–H groups in total. The maximum absolute atomic E-state index is 8.74. The van der Waals surface area contributed by atoms with Crippen molar-refractivity contribution in [2.75, 3.05) is 0 Å². The zero-order valence-electron chi connectivity index (χ0n) is 8.36. The number of H-pyrrole nitrogens is 1. The Labute approximate surface area is 102 Å². The Kier molecular flexibility index (Phi) is 2.77. The highest BCUT2D eigenvalue weighted by Gasteiger charge is 2.08. The zero-order chi connectivity index (χ0) is 11.7. The summed E-state index contributed by atoms with van der Waals surface area (Å²) in [6, 6.07) is 7.07. The van der Waals surface area contributed by atoms with Crippen molar-refractivity contribution in [3.63, 3.8) is 0 Å². The molecule has 0 unspecified atom stereocenters. The molecule has 0 aliphatic rings. The maximum Gasteiger partial charge on any atom is 0.199 e. The number of nitrogens with one attached hydrogen (secondary N) is 1. The van der Waals surface area contributed by atoms with E-state index in [1.807, 2.05) is 13.0 Å². The summed E-state index contributed by atoms with van der Waals surface area (Å²) in [4.78, 5) is 0. The Morgan fingerprint density at radius 3 is 2.81 bits per heavy atom. The number of nitrogens with zero attached hydrogens (tertiary/aromatic N) is 3. The third-order valence-corrected chi connectivity index (χ3v) is 2.73. The smallest absolute Gasteiger partial charge is 0.199 e. The number of aromatic amines is 1. The standard InChI is InChI=1S/C10H7ClN4S/c1-6-13-14-10(16)15(6)9-3-2-7(5-12)4-8(9)11/h2-4H,1H3,(H,14,16). The summed E-state index contributed by atoms with van der Waals surface area (Å²) in [6.07, 6.45) is 0. The number of benzene rings is 1. The van der Waals surface area contributed by atoms with Crippen LogP contribution in [0.4, 0.5) is 0 Å². The number of aryl methyl sites for hydroxylation is 1. The summed E-state index contributed by atoms with van der Waals surface area (Å²) in [7, 11) is 0. The van der Waals surface area contributed by atoms with Gasteiger partial charge in [0.25, 0.3) is 0 Å². The maximum atomic E-state index is 8.74. The molecule has 4 nitrogen and oxygen atoms in total. The van der Waals surface area contributed by atoms with Gasteiger partial charge in [-0.1, -0.05) is 11.6 Å². The van der Waals surface area contributed by atoms with Crippen molar-refractivity contribution >= 4 is 23.8 Å². The Morgan fingerprint density at radius 1 is 1.56 bits per heavy atom. The first-order valence-corrected chi connectivity index (χ1v) is 5.26. The summed E-state index contributed by atoms with van der Waals surface area (Å²) >= 11 is 11.2. The second-order valence-electron chi connectivity index (χ2n) is 3.19. The lowest BCUT2D eigenvalue weighted by Gasteiger charge is -2.06. The molecule has 2 aromatic rings. The Morgan fingerprint density at radius 2 is 2.31 bits per heavy atom. The van der Waals surface area contributed by atoms with Crippen LogP contribution in [0, 0.1) is 23.0 Å². The lowest BCUT2D eigenvalue weighted by Crippen LogP contribution is -1.98. The molecular formula is C10H7ClN4S. The molecule has 0 aliphatic heterocycles. The highest BCUT2D eigenvalue weighted by molar-refractivity contribution is 7.71. The summed E-state index contributed by atoms with van der Waals surface area (Å²) in [5, 5.41) is 15.9. The highest BCUT2D eigenvalue weighted by atomic mass is 35.5. The fourth-order valence-electron chi connectivity index (χ4n) is 1.42. The fourth-order valence-corrected chi connectivity index (χ4v) is 1.96. The van der Waals surface area contributed by atoms with Crippen molar-refractivity contribution in [1.82, 2.24) is 14.8 Å². The van der Waals surface area contributed by atoms with Gasteiger partial charge in [0.2, 0.25) is 0 Å². The highest BCUT2D eigenvalue weighted by Crippen LogP contribution is 2.22. The van der Waals surface area contributed by atoms with E-state index in [2.05, 4.69) is 10.2 Å². The molecule has 1 aromatic carbocycles. The van der Waals surface area contributed by atoms with Crippen molar-refractivity contribution in [3.8, 4) is 11.8 Å². The van der Waals surface area contributed by atoms with Gasteiger partial charge in [-0.3, -0.25) is 9.67 Å². The second-order valence-corrected chi connectivity index (χ2v) is 3.98. The van der Waals surface area contributed by atoms with Gasteiger partial charge in [-0.25, -0.2) is 0 Å². The van der Waals surface area contributed by atoms with E-state index in [4.69, 9.17) is 29.1 Å².